The monoisotopic (exact) mass is 550 g/mol. The van der Waals surface area contributed by atoms with Crippen molar-refractivity contribution in [2.24, 2.45) is 0 Å². The average molecular weight is 550 g/mol. The van der Waals surface area contributed by atoms with E-state index in [1.165, 1.54) is 14.2 Å². The van der Waals surface area contributed by atoms with Crippen molar-refractivity contribution >= 4 is 32.4 Å². The lowest BCUT2D eigenvalue weighted by Gasteiger charge is -2.24. The van der Waals surface area contributed by atoms with Gasteiger partial charge < -0.3 is 18.5 Å². The molecule has 4 aromatic rings. The number of rotatable bonds is 12. The molecule has 0 N–H and O–H groups in total. The lowest BCUT2D eigenvalue weighted by molar-refractivity contribution is -0.133. The molecule has 0 heterocycles. The molecule has 38 heavy (non-hydrogen) atoms. The van der Waals surface area contributed by atoms with Crippen LogP contribution in [0.2, 0.25) is 0 Å². The predicted molar refractivity (Wildman–Crippen MR) is 149 cm³/mol. The van der Waals surface area contributed by atoms with E-state index in [0.717, 1.165) is 0 Å². The normalized spacial score (nSPS) is 14.2. The van der Waals surface area contributed by atoms with E-state index in [0.29, 0.717) is 33.2 Å². The minimum Gasteiger partial charge on any atom is -0.497 e. The van der Waals surface area contributed by atoms with Gasteiger partial charge in [-0.25, -0.2) is 0 Å². The highest BCUT2D eigenvalue weighted by molar-refractivity contribution is 7.48. The average Bonchev–Trinajstić information content (AvgIpc) is 2.99. The Hall–Kier alpha value is -3.47. The Morgan fingerprint density at radius 2 is 0.974 bits per heavy atom. The molecule has 196 valence electrons. The van der Waals surface area contributed by atoms with Gasteiger partial charge in [-0.05, 0) is 59.7 Å². The number of benzene rings is 4. The highest BCUT2D eigenvalue weighted by Gasteiger charge is 2.34. The van der Waals surface area contributed by atoms with Gasteiger partial charge in [0, 0.05) is 10.6 Å². The van der Waals surface area contributed by atoms with Gasteiger partial charge in [-0.1, -0.05) is 60.7 Å². The minimum absolute atomic E-state index is 0.430. The van der Waals surface area contributed by atoms with Crippen molar-refractivity contribution < 1.29 is 32.4 Å². The Bertz CT molecular complexity index is 1300. The van der Waals surface area contributed by atoms with Crippen molar-refractivity contribution in [3.63, 3.8) is 0 Å². The van der Waals surface area contributed by atoms with Gasteiger partial charge >= 0.3 is 0 Å². The summed E-state index contributed by atoms with van der Waals surface area (Å²) in [5, 5.41) is 0.935. The van der Waals surface area contributed by atoms with Crippen LogP contribution in [0.5, 0.6) is 11.5 Å². The Balaban J connectivity index is 1.76. The summed E-state index contributed by atoms with van der Waals surface area (Å²) in [6.45, 7) is 0. The van der Waals surface area contributed by atoms with Crippen LogP contribution in [0.25, 0.3) is 0 Å². The molecule has 0 aromatic heterocycles. The summed E-state index contributed by atoms with van der Waals surface area (Å²) in [4.78, 5) is 14.2. The summed E-state index contributed by atoms with van der Waals surface area (Å²) in [6.07, 6.45) is -2.59. The van der Waals surface area contributed by atoms with Crippen molar-refractivity contribution in [2.45, 2.75) is 12.2 Å². The van der Waals surface area contributed by atoms with Crippen LogP contribution in [0, 0.1) is 0 Å². The molecule has 4 rings (SSSR count). The second-order valence-electron chi connectivity index (χ2n) is 8.26. The molecule has 4 aromatic carbocycles. The first-order valence-electron chi connectivity index (χ1n) is 11.8. The van der Waals surface area contributed by atoms with Crippen molar-refractivity contribution in [2.75, 3.05) is 14.2 Å². The summed E-state index contributed by atoms with van der Waals surface area (Å²) in [5.74, 6) is 0.440. The van der Waals surface area contributed by atoms with Gasteiger partial charge in [-0.15, -0.1) is 0 Å². The number of Topliss-reactive ketones (excluding diaryl/α,β-unsaturated/α-hetero) is 1. The van der Waals surface area contributed by atoms with Crippen LogP contribution in [-0.2, 0) is 23.0 Å². The third kappa shape index (κ3) is 6.89. The molecule has 4 atom stereocenters. The molecular formula is C29H28O7P2. The molecule has 0 fully saturated rings. The summed E-state index contributed by atoms with van der Waals surface area (Å²) in [6, 6.07) is 30.9. The largest absolute Gasteiger partial charge is 0.497 e. The van der Waals surface area contributed by atoms with Crippen LogP contribution < -0.4 is 20.1 Å². The van der Waals surface area contributed by atoms with Gasteiger partial charge in [0.15, 0.2) is 18.0 Å². The van der Waals surface area contributed by atoms with Gasteiger partial charge in [-0.3, -0.25) is 13.9 Å². The number of hydrogen-bond acceptors (Lipinski definition) is 7. The molecule has 0 aliphatic rings. The van der Waals surface area contributed by atoms with Crippen LogP contribution >= 0.6 is 16.1 Å². The Labute approximate surface area is 223 Å². The van der Waals surface area contributed by atoms with Gasteiger partial charge in [0.1, 0.15) is 11.5 Å². The Morgan fingerprint density at radius 1 is 0.579 bits per heavy atom. The highest BCUT2D eigenvalue weighted by atomic mass is 31.1. The summed E-state index contributed by atoms with van der Waals surface area (Å²) < 4.78 is 49.1. The van der Waals surface area contributed by atoms with Crippen LogP contribution in [0.3, 0.4) is 0 Å². The second-order valence-corrected chi connectivity index (χ2v) is 11.0. The number of ether oxygens (including phenoxy) is 2. The third-order valence-electron chi connectivity index (χ3n) is 5.78. The van der Waals surface area contributed by atoms with E-state index in [9.17, 15) is 13.9 Å². The van der Waals surface area contributed by atoms with Crippen LogP contribution in [0.1, 0.15) is 23.3 Å². The summed E-state index contributed by atoms with van der Waals surface area (Å²) in [7, 11) is -2.67. The quantitative estimate of drug-likeness (QED) is 0.210. The zero-order valence-electron chi connectivity index (χ0n) is 20.9. The molecule has 9 heteroatoms. The van der Waals surface area contributed by atoms with E-state index in [1.54, 1.807) is 109 Å². The second kappa shape index (κ2) is 13.4. The molecule has 0 spiro atoms. The van der Waals surface area contributed by atoms with E-state index in [2.05, 4.69) is 0 Å². The zero-order valence-corrected chi connectivity index (χ0v) is 22.9. The van der Waals surface area contributed by atoms with Crippen molar-refractivity contribution in [3.05, 3.63) is 120 Å². The minimum atomic E-state index is -2.85. The molecule has 7 nitrogen and oxygen atoms in total. The van der Waals surface area contributed by atoms with Crippen molar-refractivity contribution in [3.8, 4) is 11.5 Å². The lowest BCUT2D eigenvalue weighted by Crippen LogP contribution is -2.24. The van der Waals surface area contributed by atoms with Gasteiger partial charge in [0.05, 0.1) is 14.2 Å². The van der Waals surface area contributed by atoms with E-state index < -0.39 is 34.0 Å². The third-order valence-corrected chi connectivity index (χ3v) is 8.29. The molecular weight excluding hydrogens is 522 g/mol. The van der Waals surface area contributed by atoms with Gasteiger partial charge in [0.2, 0.25) is 16.1 Å². The maximum absolute atomic E-state index is 14.2. The number of ketones is 1. The number of carbonyl (C=O) groups excluding carboxylic acids is 1. The summed E-state index contributed by atoms with van der Waals surface area (Å²) in [5.41, 5.74) is 0.860. The standard InChI is InChI=1S/C29H28O7P2/c1-33-23-13-9-11-21(19-23)28(35-37(31)25-15-5-3-6-16-25)27(30)29(22-12-10-14-24(20-22)34-2)36-38(32)26-17-7-4-8-18-26/h3-20,28-29,37-38H,1-2H3. The molecule has 0 saturated heterocycles. The fourth-order valence-corrected chi connectivity index (χ4v) is 5.96. The molecule has 0 aliphatic heterocycles. The fourth-order valence-electron chi connectivity index (χ4n) is 3.83. The first-order valence-corrected chi connectivity index (χ1v) is 14.5. The Morgan fingerprint density at radius 3 is 1.34 bits per heavy atom. The maximum Gasteiger partial charge on any atom is 0.221 e. The Kier molecular flexibility index (Phi) is 9.69. The molecule has 0 saturated carbocycles. The fraction of sp³-hybridized carbons (Fsp3) is 0.138. The van der Waals surface area contributed by atoms with Gasteiger partial charge in [0.25, 0.3) is 0 Å². The molecule has 0 amide bonds. The van der Waals surface area contributed by atoms with E-state index >= 15 is 0 Å². The van der Waals surface area contributed by atoms with Crippen LogP contribution in [0.15, 0.2) is 109 Å². The summed E-state index contributed by atoms with van der Waals surface area (Å²) >= 11 is 0. The first-order chi connectivity index (χ1) is 18.5. The molecule has 4 unspecified atom stereocenters. The topological polar surface area (TPSA) is 88.1 Å². The highest BCUT2D eigenvalue weighted by Crippen LogP contribution is 2.41. The lowest BCUT2D eigenvalue weighted by atomic mass is 9.97. The number of hydrogen-bond donors (Lipinski definition) is 0. The van der Waals surface area contributed by atoms with Gasteiger partial charge in [-0.2, -0.15) is 0 Å². The number of methoxy groups -OCH3 is 2. The molecule has 0 bridgehead atoms. The predicted octanol–water partition coefficient (Wildman–Crippen LogP) is 5.69. The molecule has 0 aliphatic carbocycles. The van der Waals surface area contributed by atoms with Crippen molar-refractivity contribution in [1.29, 1.82) is 0 Å². The smallest absolute Gasteiger partial charge is 0.221 e. The van der Waals surface area contributed by atoms with E-state index in [-0.39, 0.29) is 0 Å². The zero-order chi connectivity index (χ0) is 26.9. The molecule has 0 radical (unpaired) electrons. The number of carbonyl (C=O) groups is 1. The van der Waals surface area contributed by atoms with Crippen LogP contribution in [0.4, 0.5) is 0 Å². The van der Waals surface area contributed by atoms with Crippen LogP contribution in [-0.4, -0.2) is 20.0 Å². The van der Waals surface area contributed by atoms with E-state index in [4.69, 9.17) is 18.5 Å². The first kappa shape index (κ1) is 27.6. The maximum atomic E-state index is 14.2. The van der Waals surface area contributed by atoms with Crippen molar-refractivity contribution in [1.82, 2.24) is 0 Å². The van der Waals surface area contributed by atoms with E-state index in [1.807, 2.05) is 0 Å². The SMILES string of the molecule is COc1cccc(C(O[PH](=O)c2ccccc2)C(=O)C(O[PH](=O)c2ccccc2)c2cccc(OC)c2)c1.